The van der Waals surface area contributed by atoms with Gasteiger partial charge in [0.25, 0.3) is 0 Å². The molecule has 1 aromatic rings. The minimum Gasteiger partial charge on any atom is -0.496 e. The van der Waals surface area contributed by atoms with Crippen molar-refractivity contribution in [3.63, 3.8) is 0 Å². The van der Waals surface area contributed by atoms with Crippen molar-refractivity contribution in [3.05, 3.63) is 17.7 Å². The average Bonchev–Trinajstić information content (AvgIpc) is 2.35. The van der Waals surface area contributed by atoms with Crippen molar-refractivity contribution in [1.82, 2.24) is 5.48 Å². The van der Waals surface area contributed by atoms with Gasteiger partial charge in [0.15, 0.2) is 0 Å². The van der Waals surface area contributed by atoms with Crippen LogP contribution in [-0.2, 0) is 11.4 Å². The van der Waals surface area contributed by atoms with Crippen LogP contribution in [0.2, 0.25) is 0 Å². The summed E-state index contributed by atoms with van der Waals surface area (Å²) >= 11 is 1.63. The van der Waals surface area contributed by atoms with E-state index in [0.717, 1.165) is 22.0 Å². The Balaban J connectivity index is 3.05. The fourth-order valence-corrected chi connectivity index (χ4v) is 1.95. The predicted molar refractivity (Wildman–Crippen MR) is 65.2 cm³/mol. The van der Waals surface area contributed by atoms with Gasteiger partial charge in [0.05, 0.1) is 26.2 Å². The van der Waals surface area contributed by atoms with Crippen molar-refractivity contribution in [2.24, 2.45) is 0 Å². The lowest BCUT2D eigenvalue weighted by molar-refractivity contribution is 0.0860. The first kappa shape index (κ1) is 13.2. The zero-order valence-corrected chi connectivity index (χ0v) is 10.8. The second-order valence-electron chi connectivity index (χ2n) is 3.04. The molecule has 0 aliphatic carbocycles. The summed E-state index contributed by atoms with van der Waals surface area (Å²) in [6, 6.07) is 3.92. The molecule has 16 heavy (non-hydrogen) atoms. The van der Waals surface area contributed by atoms with Crippen LogP contribution in [0.15, 0.2) is 17.0 Å². The van der Waals surface area contributed by atoms with Crippen LogP contribution >= 0.6 is 11.8 Å². The van der Waals surface area contributed by atoms with Crippen LogP contribution in [-0.4, -0.2) is 27.6 Å². The van der Waals surface area contributed by atoms with Gasteiger partial charge in [0.2, 0.25) is 0 Å². The van der Waals surface area contributed by atoms with E-state index in [0.29, 0.717) is 6.54 Å². The van der Waals surface area contributed by atoms with Crippen molar-refractivity contribution in [1.29, 1.82) is 0 Å². The van der Waals surface area contributed by atoms with Gasteiger partial charge in [-0.15, -0.1) is 11.8 Å². The van der Waals surface area contributed by atoms with Crippen LogP contribution in [0.5, 0.6) is 11.5 Å². The fraction of sp³-hybridized carbons (Fsp3) is 0.455. The largest absolute Gasteiger partial charge is 0.496 e. The van der Waals surface area contributed by atoms with Crippen molar-refractivity contribution < 1.29 is 14.3 Å². The van der Waals surface area contributed by atoms with Crippen LogP contribution in [0.1, 0.15) is 5.56 Å². The Morgan fingerprint density at radius 1 is 1.12 bits per heavy atom. The molecule has 0 bridgehead atoms. The van der Waals surface area contributed by atoms with Crippen LogP contribution in [0.25, 0.3) is 0 Å². The van der Waals surface area contributed by atoms with Crippen molar-refractivity contribution in [2.45, 2.75) is 11.4 Å². The van der Waals surface area contributed by atoms with E-state index < -0.39 is 0 Å². The van der Waals surface area contributed by atoms with E-state index >= 15 is 0 Å². The lowest BCUT2D eigenvalue weighted by Gasteiger charge is -2.13. The van der Waals surface area contributed by atoms with Crippen molar-refractivity contribution in [2.75, 3.05) is 27.6 Å². The van der Waals surface area contributed by atoms with E-state index in [4.69, 9.17) is 14.3 Å². The summed E-state index contributed by atoms with van der Waals surface area (Å²) in [5.41, 5.74) is 3.78. The molecule has 0 atom stereocenters. The van der Waals surface area contributed by atoms with Gasteiger partial charge in [-0.05, 0) is 18.4 Å². The maximum absolute atomic E-state index is 5.32. The van der Waals surface area contributed by atoms with Crippen molar-refractivity contribution >= 4 is 11.8 Å². The molecule has 1 N–H and O–H groups in total. The van der Waals surface area contributed by atoms with E-state index in [9.17, 15) is 0 Å². The number of benzene rings is 1. The molecule has 0 aliphatic heterocycles. The van der Waals surface area contributed by atoms with Crippen molar-refractivity contribution in [3.8, 4) is 11.5 Å². The molecule has 1 aromatic carbocycles. The Kier molecular flexibility index (Phi) is 5.45. The zero-order valence-electron chi connectivity index (χ0n) is 9.99. The van der Waals surface area contributed by atoms with Gasteiger partial charge in [0.1, 0.15) is 11.5 Å². The Bertz CT molecular complexity index is 344. The summed E-state index contributed by atoms with van der Waals surface area (Å²) in [6.45, 7) is 0.574. The number of nitrogens with one attached hydrogen (secondary N) is 1. The molecule has 0 radical (unpaired) electrons. The highest BCUT2D eigenvalue weighted by Crippen LogP contribution is 2.34. The molecule has 0 unspecified atom stereocenters. The Hall–Kier alpha value is -0.910. The second kappa shape index (κ2) is 6.62. The fourth-order valence-electron chi connectivity index (χ4n) is 1.38. The molecule has 0 aliphatic rings. The van der Waals surface area contributed by atoms with Gasteiger partial charge >= 0.3 is 0 Å². The lowest BCUT2D eigenvalue weighted by Crippen LogP contribution is -2.11. The Labute approximate surface area is 100 Å². The highest BCUT2D eigenvalue weighted by molar-refractivity contribution is 7.98. The highest BCUT2D eigenvalue weighted by Gasteiger charge is 2.10. The summed E-state index contributed by atoms with van der Waals surface area (Å²) < 4.78 is 10.6. The first-order valence-electron chi connectivity index (χ1n) is 4.81. The number of hydrogen-bond donors (Lipinski definition) is 1. The van der Waals surface area contributed by atoms with E-state index in [1.54, 1.807) is 33.1 Å². The molecule has 0 saturated carbocycles. The number of rotatable bonds is 6. The number of hydrogen-bond acceptors (Lipinski definition) is 5. The third kappa shape index (κ3) is 3.04. The van der Waals surface area contributed by atoms with Gasteiger partial charge in [-0.1, -0.05) is 0 Å². The number of hydroxylamine groups is 1. The van der Waals surface area contributed by atoms with Crippen LogP contribution in [0.3, 0.4) is 0 Å². The molecule has 0 aromatic heterocycles. The van der Waals surface area contributed by atoms with Gasteiger partial charge in [0, 0.05) is 12.1 Å². The number of ether oxygens (including phenoxy) is 2. The van der Waals surface area contributed by atoms with E-state index in [1.807, 2.05) is 18.4 Å². The molecule has 0 heterocycles. The van der Waals surface area contributed by atoms with E-state index in [2.05, 4.69) is 5.48 Å². The van der Waals surface area contributed by atoms with Gasteiger partial charge in [-0.3, -0.25) is 0 Å². The topological polar surface area (TPSA) is 39.7 Å². The van der Waals surface area contributed by atoms with Gasteiger partial charge in [-0.25, -0.2) is 0 Å². The summed E-state index contributed by atoms with van der Waals surface area (Å²) in [6.07, 6.45) is 2.00. The highest BCUT2D eigenvalue weighted by atomic mass is 32.2. The van der Waals surface area contributed by atoms with Crippen LogP contribution in [0, 0.1) is 0 Å². The minimum atomic E-state index is 0.574. The predicted octanol–water partition coefficient (Wildman–Crippen LogP) is 2.08. The minimum absolute atomic E-state index is 0.574. The summed E-state index contributed by atoms with van der Waals surface area (Å²) in [7, 11) is 4.90. The summed E-state index contributed by atoms with van der Waals surface area (Å²) in [5, 5.41) is 0. The molecule has 0 saturated heterocycles. The Morgan fingerprint density at radius 3 is 2.31 bits per heavy atom. The maximum atomic E-state index is 5.32. The lowest BCUT2D eigenvalue weighted by atomic mass is 10.2. The third-order valence-electron chi connectivity index (χ3n) is 2.19. The molecule has 90 valence electrons. The molecular formula is C11H17NO3S. The Morgan fingerprint density at radius 2 is 1.81 bits per heavy atom. The van der Waals surface area contributed by atoms with Crippen LogP contribution in [0.4, 0.5) is 0 Å². The molecule has 5 heteroatoms. The number of methoxy groups -OCH3 is 2. The smallest absolute Gasteiger partial charge is 0.133 e. The average molecular weight is 243 g/mol. The third-order valence-corrected chi connectivity index (χ3v) is 2.95. The molecule has 0 spiro atoms. The second-order valence-corrected chi connectivity index (χ2v) is 3.89. The molecule has 1 rings (SSSR count). The SMILES string of the molecule is CONCc1cc(OC)c(SC)cc1OC. The van der Waals surface area contributed by atoms with Crippen LogP contribution < -0.4 is 15.0 Å². The molecular weight excluding hydrogens is 226 g/mol. The number of thioether (sulfide) groups is 1. The monoisotopic (exact) mass is 243 g/mol. The summed E-state index contributed by atoms with van der Waals surface area (Å²) in [5.74, 6) is 1.68. The maximum Gasteiger partial charge on any atom is 0.133 e. The van der Waals surface area contributed by atoms with Gasteiger partial charge < -0.3 is 14.3 Å². The zero-order chi connectivity index (χ0) is 12.0. The first-order valence-corrected chi connectivity index (χ1v) is 6.04. The van der Waals surface area contributed by atoms with E-state index in [-0.39, 0.29) is 0 Å². The molecule has 0 fully saturated rings. The van der Waals surface area contributed by atoms with E-state index in [1.165, 1.54) is 0 Å². The first-order chi connectivity index (χ1) is 7.76. The summed E-state index contributed by atoms with van der Waals surface area (Å²) in [4.78, 5) is 5.88. The molecule has 0 amide bonds. The molecule has 4 nitrogen and oxygen atoms in total. The quantitative estimate of drug-likeness (QED) is 0.612. The van der Waals surface area contributed by atoms with Gasteiger partial charge in [-0.2, -0.15) is 5.48 Å². The normalized spacial score (nSPS) is 10.2. The standard InChI is InChI=1S/C11H17NO3S/c1-13-9-6-11(16-4)10(14-2)5-8(9)7-12-15-3/h5-6,12H,7H2,1-4H3.